The number of aromatic nitrogens is 7. The van der Waals surface area contributed by atoms with E-state index >= 15 is 4.39 Å². The molecule has 6 heterocycles. The summed E-state index contributed by atoms with van der Waals surface area (Å²) in [5.41, 5.74) is 8.23. The lowest BCUT2D eigenvalue weighted by atomic mass is 9.88. The lowest BCUT2D eigenvalue weighted by molar-refractivity contribution is -0.118. The van der Waals surface area contributed by atoms with Crippen molar-refractivity contribution in [3.8, 4) is 45.3 Å². The van der Waals surface area contributed by atoms with E-state index in [1.165, 1.54) is 37.1 Å². The summed E-state index contributed by atoms with van der Waals surface area (Å²) in [5, 5.41) is 33.1. The second-order valence-corrected chi connectivity index (χ2v) is 22.5. The monoisotopic (exact) mass is 1140 g/mol. The summed E-state index contributed by atoms with van der Waals surface area (Å²) in [6, 6.07) is 23.2. The van der Waals surface area contributed by atoms with Crippen LogP contribution in [0.5, 0.6) is 11.8 Å². The predicted molar refractivity (Wildman–Crippen MR) is 312 cm³/mol. The molecular formula is C63H72F3N11O6. The van der Waals surface area contributed by atoms with Crippen molar-refractivity contribution in [1.29, 1.82) is 0 Å². The number of nitrogens with zero attached hydrogens (tertiary/aromatic N) is 8. The van der Waals surface area contributed by atoms with Crippen LogP contribution in [-0.2, 0) is 20.9 Å². The first kappa shape index (κ1) is 58.3. The zero-order valence-electron chi connectivity index (χ0n) is 47.9. The van der Waals surface area contributed by atoms with E-state index in [4.69, 9.17) is 29.3 Å². The van der Waals surface area contributed by atoms with Crippen molar-refractivity contribution >= 4 is 40.4 Å². The summed E-state index contributed by atoms with van der Waals surface area (Å²) in [6.07, 6.45) is 10.5. The Morgan fingerprint density at radius 2 is 1.63 bits per heavy atom. The number of carbonyl (C=O) groups excluding carboxylic acids is 2. The molecule has 0 radical (unpaired) electrons. The van der Waals surface area contributed by atoms with Crippen LogP contribution in [0.1, 0.15) is 107 Å². The molecule has 83 heavy (non-hydrogen) atoms. The lowest BCUT2D eigenvalue weighted by Gasteiger charge is -2.30. The van der Waals surface area contributed by atoms with Gasteiger partial charge in [0.25, 0.3) is 0 Å². The highest BCUT2D eigenvalue weighted by Crippen LogP contribution is 2.53. The molecule has 5 unspecified atom stereocenters. The molecule has 5 aromatic carbocycles. The number of rotatable bonds is 19. The van der Waals surface area contributed by atoms with E-state index in [0.717, 1.165) is 95.4 Å². The first-order valence-corrected chi connectivity index (χ1v) is 28.5. The summed E-state index contributed by atoms with van der Waals surface area (Å²) in [6.45, 7) is 15.4. The van der Waals surface area contributed by atoms with Crippen LogP contribution in [0.2, 0.25) is 0 Å². The Morgan fingerprint density at radius 3 is 2.24 bits per heavy atom. The smallest absolute Gasteiger partial charge is 0.319 e. The molecule has 8 aromatic rings. The van der Waals surface area contributed by atoms with Crippen LogP contribution in [0.4, 0.5) is 19.0 Å². The number of carbonyl (C=O) groups is 2. The Labute approximate surface area is 480 Å². The number of ether oxygens (including phenoxy) is 3. The maximum absolute atomic E-state index is 15.8. The van der Waals surface area contributed by atoms with Crippen LogP contribution in [-0.4, -0.2) is 122 Å². The fraction of sp³-hybridized carbons (Fsp3) is 0.413. The zero-order valence-corrected chi connectivity index (χ0v) is 47.9. The molecule has 12 rings (SSSR count). The van der Waals surface area contributed by atoms with Crippen molar-refractivity contribution in [3.05, 3.63) is 131 Å². The number of aliphatic hydroxyl groups excluding tert-OH is 1. The molecular weight excluding hydrogens is 1060 g/mol. The Balaban J connectivity index is 0.000000225. The van der Waals surface area contributed by atoms with Gasteiger partial charge in [0.2, 0.25) is 12.8 Å². The number of hydrogen-bond acceptors (Lipinski definition) is 13. The van der Waals surface area contributed by atoms with Gasteiger partial charge in [-0.3, -0.25) is 14.7 Å². The van der Waals surface area contributed by atoms with E-state index in [9.17, 15) is 18.4 Å². The molecule has 17 nitrogen and oxygen atoms in total. The molecule has 436 valence electrons. The van der Waals surface area contributed by atoms with Crippen molar-refractivity contribution < 1.29 is 42.1 Å². The number of anilines is 1. The molecule has 3 aliphatic heterocycles. The van der Waals surface area contributed by atoms with Crippen molar-refractivity contribution in [3.63, 3.8) is 0 Å². The Bertz CT molecular complexity index is 3540. The van der Waals surface area contributed by atoms with Gasteiger partial charge in [0, 0.05) is 72.3 Å². The number of aliphatic hydroxyl groups is 1. The molecule has 0 spiro atoms. The van der Waals surface area contributed by atoms with Crippen LogP contribution < -0.4 is 25.0 Å². The van der Waals surface area contributed by atoms with Crippen LogP contribution in [0.15, 0.2) is 91.3 Å². The largest absolute Gasteiger partial charge is 0.486 e. The minimum atomic E-state index is -0.637. The average molecular weight is 1140 g/mol. The van der Waals surface area contributed by atoms with Crippen molar-refractivity contribution in [2.45, 2.75) is 122 Å². The fourth-order valence-corrected chi connectivity index (χ4v) is 11.1. The van der Waals surface area contributed by atoms with E-state index in [-0.39, 0.29) is 49.4 Å². The number of nitrogens with one attached hydrogen (secondary N) is 3. The molecule has 1 aliphatic carbocycles. The topological polar surface area (TPSA) is 198 Å². The number of halogens is 3. The molecule has 2 bridgehead atoms. The van der Waals surface area contributed by atoms with Gasteiger partial charge in [-0.05, 0) is 124 Å². The second kappa shape index (κ2) is 25.7. The minimum absolute atomic E-state index is 0.0945. The first-order valence-electron chi connectivity index (χ1n) is 28.5. The zero-order chi connectivity index (χ0) is 58.5. The van der Waals surface area contributed by atoms with E-state index < -0.39 is 17.7 Å². The van der Waals surface area contributed by atoms with Gasteiger partial charge in [0.1, 0.15) is 47.7 Å². The highest BCUT2D eigenvalue weighted by Gasteiger charge is 2.41. The second-order valence-electron chi connectivity index (χ2n) is 22.5. The third-order valence-electron chi connectivity index (χ3n) is 16.6. The van der Waals surface area contributed by atoms with Gasteiger partial charge in [0.05, 0.1) is 48.3 Å². The Kier molecular flexibility index (Phi) is 18.0. The Hall–Kier alpha value is -7.94. The van der Waals surface area contributed by atoms with Gasteiger partial charge in [-0.1, -0.05) is 73.7 Å². The lowest BCUT2D eigenvalue weighted by Crippen LogP contribution is -2.44. The number of H-pyrrole nitrogens is 1. The number of likely N-dealkylation sites (tertiary alicyclic amines) is 1. The molecule has 20 heteroatoms. The van der Waals surface area contributed by atoms with Gasteiger partial charge in [-0.25, -0.2) is 17.9 Å². The normalized spacial score (nSPS) is 18.4. The van der Waals surface area contributed by atoms with E-state index in [1.807, 2.05) is 29.6 Å². The molecule has 1 saturated carbocycles. The van der Waals surface area contributed by atoms with Gasteiger partial charge in [0.15, 0.2) is 5.75 Å². The summed E-state index contributed by atoms with van der Waals surface area (Å²) >= 11 is 0. The number of benzene rings is 5. The Morgan fingerprint density at radius 1 is 0.880 bits per heavy atom. The summed E-state index contributed by atoms with van der Waals surface area (Å²) in [5.74, 6) is 0.573. The van der Waals surface area contributed by atoms with Crippen molar-refractivity contribution in [2.75, 3.05) is 44.9 Å². The van der Waals surface area contributed by atoms with Crippen LogP contribution in [0.3, 0.4) is 0 Å². The number of amides is 2. The van der Waals surface area contributed by atoms with Gasteiger partial charge in [-0.15, -0.1) is 5.10 Å². The highest BCUT2D eigenvalue weighted by atomic mass is 19.1. The number of methoxy groups -OCH3 is 1. The number of aromatic amines is 1. The predicted octanol–water partition coefficient (Wildman–Crippen LogP) is 10.6. The molecule has 2 amide bonds. The molecule has 4 fully saturated rings. The SMILES string of the molecule is CC1CCCN1C=O.CO[C@@H](C)COc1nc(N2CC3CC2CN3)c2cc(C3CC3)c(-c3c(C)c(F)cc4[nH]ncc34)c(OCc3ccc(-c4cn(C(C)C(C)C)nn4)cc3)c2n1.O=CNC(CO)c1ccc(-c2c(F)cccc2F)cc1. The number of hydrogen-bond donors (Lipinski definition) is 4. The maximum Gasteiger partial charge on any atom is 0.319 e. The highest BCUT2D eigenvalue weighted by molar-refractivity contribution is 6.06. The number of piperazine rings is 1. The molecule has 4 aliphatic rings. The minimum Gasteiger partial charge on any atom is -0.486 e. The summed E-state index contributed by atoms with van der Waals surface area (Å²) in [7, 11) is 1.66. The molecule has 4 N–H and O–H groups in total. The van der Waals surface area contributed by atoms with Gasteiger partial charge in [-0.2, -0.15) is 15.1 Å². The molecule has 3 saturated heterocycles. The van der Waals surface area contributed by atoms with Gasteiger partial charge < -0.3 is 39.8 Å². The standard InChI is InChI=1S/C42H48FN9O3.C15H13F2NO2.C6H11NO/c1-22(2)25(5)52-19-36(49-50-52)28-9-7-26(8-10-28)21-54-40-38(37-24(4)34(43)15-35-33(37)17-45-48-35)31(27-11-12-27)14-32-39(40)46-42(55-20-23(3)53-6)47-41(32)51-18-29-13-30(51)16-44-29;16-12-2-1-3-13(17)15(12)11-6-4-10(5-7-11)14(8-19)18-9-20;1-6-3-2-4-7(6)5-8/h7-10,14-15,17,19,22-23,25,27,29-30,44H,11-13,16,18,20-21H2,1-6H3,(H,45,48);1-7,9,14,19H,8H2,(H,18,20);5-6H,2-4H2,1H3/t23-,25?,29?,30?;;/m0../s1. The van der Waals surface area contributed by atoms with E-state index in [2.05, 4.69) is 94.1 Å². The van der Waals surface area contributed by atoms with Gasteiger partial charge >= 0.3 is 6.01 Å². The third-order valence-corrected chi connectivity index (χ3v) is 16.6. The first-order chi connectivity index (χ1) is 40.2. The van der Waals surface area contributed by atoms with Crippen LogP contribution in [0, 0.1) is 30.3 Å². The summed E-state index contributed by atoms with van der Waals surface area (Å²) in [4.78, 5) is 35.0. The fourth-order valence-electron chi connectivity index (χ4n) is 11.1. The molecule has 6 atom stereocenters. The van der Waals surface area contributed by atoms with Crippen molar-refractivity contribution in [1.82, 2.24) is 50.7 Å². The summed E-state index contributed by atoms with van der Waals surface area (Å²) < 4.78 is 63.8. The van der Waals surface area contributed by atoms with E-state index in [1.54, 1.807) is 37.6 Å². The van der Waals surface area contributed by atoms with Crippen molar-refractivity contribution in [2.24, 2.45) is 5.92 Å². The number of fused-ring (bicyclic) bond motifs is 4. The third kappa shape index (κ3) is 12.7. The average Bonchev–Trinajstić information content (AvgIpc) is 4.27. The quantitative estimate of drug-likeness (QED) is 0.0559. The maximum atomic E-state index is 15.8. The van der Waals surface area contributed by atoms with Crippen LogP contribution >= 0.6 is 0 Å². The van der Waals surface area contributed by atoms with E-state index in [0.29, 0.717) is 69.8 Å². The van der Waals surface area contributed by atoms with Crippen LogP contribution in [0.25, 0.3) is 55.3 Å². The molecule has 3 aromatic heterocycles.